The van der Waals surface area contributed by atoms with Gasteiger partial charge in [-0.25, -0.2) is 0 Å². The highest BCUT2D eigenvalue weighted by Gasteiger charge is 2.19. The van der Waals surface area contributed by atoms with Gasteiger partial charge in [0.15, 0.2) is 0 Å². The summed E-state index contributed by atoms with van der Waals surface area (Å²) in [7, 11) is 0. The Morgan fingerprint density at radius 1 is 1.13 bits per heavy atom. The van der Waals surface area contributed by atoms with Crippen LogP contribution in [0, 0.1) is 12.8 Å². The minimum Gasteiger partial charge on any atom is -0.302 e. The number of thiazole rings is 1. The summed E-state index contributed by atoms with van der Waals surface area (Å²) in [5, 5.41) is 1.96. The zero-order chi connectivity index (χ0) is 16.1. The number of piperidine rings is 1. The van der Waals surface area contributed by atoms with Crippen LogP contribution in [0.3, 0.4) is 0 Å². The monoisotopic (exact) mass is 330 g/mol. The first kappa shape index (κ1) is 16.5. The van der Waals surface area contributed by atoms with Crippen LogP contribution in [0.5, 0.6) is 0 Å². The zero-order valence-electron chi connectivity index (χ0n) is 13.9. The van der Waals surface area contributed by atoms with Gasteiger partial charge >= 0.3 is 4.87 Å². The van der Waals surface area contributed by atoms with E-state index in [1.54, 1.807) is 0 Å². The van der Waals surface area contributed by atoms with Crippen molar-refractivity contribution in [3.63, 3.8) is 0 Å². The summed E-state index contributed by atoms with van der Waals surface area (Å²) in [6.45, 7) is 6.22. The summed E-state index contributed by atoms with van der Waals surface area (Å²) >= 11 is 1.31. The molecule has 2 heterocycles. The van der Waals surface area contributed by atoms with Crippen LogP contribution < -0.4 is 4.87 Å². The van der Waals surface area contributed by atoms with E-state index in [4.69, 9.17) is 0 Å². The molecule has 2 aromatic rings. The van der Waals surface area contributed by atoms with Crippen LogP contribution in [0.1, 0.15) is 30.5 Å². The van der Waals surface area contributed by atoms with Crippen LogP contribution in [0.2, 0.25) is 0 Å². The second-order valence-electron chi connectivity index (χ2n) is 6.60. The van der Waals surface area contributed by atoms with Crippen LogP contribution >= 0.6 is 11.3 Å². The average Bonchev–Trinajstić information content (AvgIpc) is 2.91. The van der Waals surface area contributed by atoms with Gasteiger partial charge in [0.05, 0.1) is 0 Å². The van der Waals surface area contributed by atoms with Gasteiger partial charge in [0.25, 0.3) is 0 Å². The molecule has 0 N–H and O–H groups in total. The molecule has 3 nitrogen and oxygen atoms in total. The van der Waals surface area contributed by atoms with E-state index in [1.165, 1.54) is 55.7 Å². The van der Waals surface area contributed by atoms with Crippen molar-refractivity contribution in [2.75, 3.05) is 19.6 Å². The molecule has 1 aliphatic heterocycles. The molecule has 1 saturated heterocycles. The second kappa shape index (κ2) is 7.93. The molecule has 0 spiro atoms. The van der Waals surface area contributed by atoms with Gasteiger partial charge in [-0.05, 0) is 57.2 Å². The quantitative estimate of drug-likeness (QED) is 0.809. The van der Waals surface area contributed by atoms with E-state index < -0.39 is 0 Å². The van der Waals surface area contributed by atoms with E-state index in [1.807, 2.05) is 16.9 Å². The Bertz CT molecular complexity index is 654. The van der Waals surface area contributed by atoms with Crippen molar-refractivity contribution in [2.45, 2.75) is 39.2 Å². The molecule has 0 unspecified atom stereocenters. The van der Waals surface area contributed by atoms with E-state index in [0.717, 1.165) is 24.7 Å². The number of rotatable bonds is 6. The normalized spacial score (nSPS) is 16.7. The number of aromatic nitrogens is 1. The number of likely N-dealkylation sites (tertiary alicyclic amines) is 1. The Balaban J connectivity index is 1.39. The van der Waals surface area contributed by atoms with Crippen molar-refractivity contribution in [1.82, 2.24) is 9.47 Å². The highest BCUT2D eigenvalue weighted by molar-refractivity contribution is 7.07. The molecule has 124 valence electrons. The van der Waals surface area contributed by atoms with Crippen LogP contribution in [-0.2, 0) is 13.0 Å². The average molecular weight is 330 g/mol. The van der Waals surface area contributed by atoms with E-state index >= 15 is 0 Å². The predicted molar refractivity (Wildman–Crippen MR) is 97.2 cm³/mol. The SMILES string of the molecule is Cc1csc(=O)n1CCN1CCC(CCc2ccccc2)CC1. The minimum atomic E-state index is 0.181. The Morgan fingerprint density at radius 2 is 1.87 bits per heavy atom. The Labute approximate surface area is 142 Å². The van der Waals surface area contributed by atoms with Crippen LogP contribution in [0.15, 0.2) is 40.5 Å². The number of hydrogen-bond acceptors (Lipinski definition) is 3. The lowest BCUT2D eigenvalue weighted by Gasteiger charge is -2.32. The predicted octanol–water partition coefficient (Wildman–Crippen LogP) is 3.56. The third-order valence-electron chi connectivity index (χ3n) is 5.01. The van der Waals surface area contributed by atoms with E-state index in [2.05, 4.69) is 35.2 Å². The fraction of sp³-hybridized carbons (Fsp3) is 0.526. The highest BCUT2D eigenvalue weighted by Crippen LogP contribution is 2.22. The van der Waals surface area contributed by atoms with Crippen molar-refractivity contribution in [3.05, 3.63) is 56.6 Å². The van der Waals surface area contributed by atoms with Crippen molar-refractivity contribution >= 4 is 11.3 Å². The van der Waals surface area contributed by atoms with Gasteiger partial charge < -0.3 is 9.47 Å². The minimum absolute atomic E-state index is 0.181. The fourth-order valence-corrected chi connectivity index (χ4v) is 4.19. The molecular weight excluding hydrogens is 304 g/mol. The third-order valence-corrected chi connectivity index (χ3v) is 5.89. The summed E-state index contributed by atoms with van der Waals surface area (Å²) in [4.78, 5) is 14.4. The summed E-state index contributed by atoms with van der Waals surface area (Å²) in [6.07, 6.45) is 5.10. The number of hydrogen-bond donors (Lipinski definition) is 0. The molecule has 1 fully saturated rings. The summed E-state index contributed by atoms with van der Waals surface area (Å²) in [5.41, 5.74) is 2.56. The molecule has 0 radical (unpaired) electrons. The maximum absolute atomic E-state index is 11.7. The van der Waals surface area contributed by atoms with Crippen molar-refractivity contribution < 1.29 is 0 Å². The molecule has 23 heavy (non-hydrogen) atoms. The van der Waals surface area contributed by atoms with Crippen LogP contribution in [0.4, 0.5) is 0 Å². The number of benzene rings is 1. The first-order valence-corrected chi connectivity index (χ1v) is 9.51. The summed E-state index contributed by atoms with van der Waals surface area (Å²) < 4.78 is 1.91. The molecule has 0 atom stereocenters. The Hall–Kier alpha value is -1.39. The standard InChI is InChI=1S/C19H26N2OS/c1-16-15-23-19(22)21(16)14-13-20-11-9-18(10-12-20)8-7-17-5-3-2-4-6-17/h2-6,15,18H,7-14H2,1H3. The van der Waals surface area contributed by atoms with Gasteiger partial charge in [0.2, 0.25) is 0 Å². The molecule has 1 aliphatic rings. The van der Waals surface area contributed by atoms with E-state index in [0.29, 0.717) is 0 Å². The Kier molecular flexibility index (Phi) is 5.68. The fourth-order valence-electron chi connectivity index (χ4n) is 3.43. The van der Waals surface area contributed by atoms with Gasteiger partial charge in [0.1, 0.15) is 0 Å². The lowest BCUT2D eigenvalue weighted by atomic mass is 9.90. The molecule has 1 aromatic heterocycles. The number of nitrogens with zero attached hydrogens (tertiary/aromatic N) is 2. The van der Waals surface area contributed by atoms with Crippen LogP contribution in [0.25, 0.3) is 0 Å². The highest BCUT2D eigenvalue weighted by atomic mass is 32.1. The lowest BCUT2D eigenvalue weighted by molar-refractivity contribution is 0.173. The molecular formula is C19H26N2OS. The largest absolute Gasteiger partial charge is 0.307 e. The summed E-state index contributed by atoms with van der Waals surface area (Å²) in [5.74, 6) is 0.858. The first-order valence-electron chi connectivity index (χ1n) is 8.63. The zero-order valence-corrected chi connectivity index (χ0v) is 14.7. The molecule has 4 heteroatoms. The molecule has 0 aliphatic carbocycles. The first-order chi connectivity index (χ1) is 11.2. The molecule has 3 rings (SSSR count). The molecule has 0 saturated carbocycles. The van der Waals surface area contributed by atoms with Crippen molar-refractivity contribution in [3.8, 4) is 0 Å². The van der Waals surface area contributed by atoms with Crippen molar-refractivity contribution in [2.24, 2.45) is 5.92 Å². The molecule has 1 aromatic carbocycles. The van der Waals surface area contributed by atoms with Gasteiger partial charge in [0, 0.05) is 24.2 Å². The van der Waals surface area contributed by atoms with Crippen molar-refractivity contribution in [1.29, 1.82) is 0 Å². The van der Waals surface area contributed by atoms with Gasteiger partial charge in [-0.15, -0.1) is 0 Å². The number of aryl methyl sites for hydroxylation is 2. The lowest BCUT2D eigenvalue weighted by Crippen LogP contribution is -2.37. The second-order valence-corrected chi connectivity index (χ2v) is 7.42. The van der Waals surface area contributed by atoms with E-state index in [9.17, 15) is 4.79 Å². The van der Waals surface area contributed by atoms with E-state index in [-0.39, 0.29) is 4.87 Å². The molecule has 0 amide bonds. The smallest absolute Gasteiger partial charge is 0.302 e. The summed E-state index contributed by atoms with van der Waals surface area (Å²) in [6, 6.07) is 10.8. The van der Waals surface area contributed by atoms with Gasteiger partial charge in [-0.2, -0.15) is 0 Å². The third kappa shape index (κ3) is 4.55. The van der Waals surface area contributed by atoms with Crippen LogP contribution in [-0.4, -0.2) is 29.1 Å². The maximum Gasteiger partial charge on any atom is 0.307 e. The maximum atomic E-state index is 11.7. The molecule has 0 bridgehead atoms. The Morgan fingerprint density at radius 3 is 2.52 bits per heavy atom. The topological polar surface area (TPSA) is 25.2 Å². The van der Waals surface area contributed by atoms with Gasteiger partial charge in [-0.3, -0.25) is 4.79 Å². The van der Waals surface area contributed by atoms with Gasteiger partial charge in [-0.1, -0.05) is 41.7 Å².